The topological polar surface area (TPSA) is 43.8 Å². The van der Waals surface area contributed by atoms with Crippen LogP contribution in [0.5, 0.6) is 0 Å². The Balaban J connectivity index is 1.82. The predicted molar refractivity (Wildman–Crippen MR) is 70.3 cm³/mol. The average Bonchev–Trinajstić information content (AvgIpc) is 2.43. The number of hydrogen-bond donors (Lipinski definition) is 1. The summed E-state index contributed by atoms with van der Waals surface area (Å²) in [5, 5.41) is 8.63. The molecule has 1 aromatic rings. The lowest BCUT2D eigenvalue weighted by atomic mass is 10.1. The molecule has 1 fully saturated rings. The molecule has 1 aliphatic rings. The molecule has 6 heteroatoms. The highest BCUT2D eigenvalue weighted by atomic mass is 19.2. The molecule has 0 spiro atoms. The molecule has 2 rings (SSSR count). The largest absolute Gasteiger partial charge is 0.481 e. The molecular formula is C14H18F2N2O2. The van der Waals surface area contributed by atoms with Gasteiger partial charge in [0.15, 0.2) is 11.6 Å². The number of rotatable bonds is 5. The first-order chi connectivity index (χ1) is 9.56. The molecule has 1 N–H and O–H groups in total. The first-order valence-corrected chi connectivity index (χ1v) is 6.65. The second-order valence-electron chi connectivity index (χ2n) is 4.97. The van der Waals surface area contributed by atoms with Gasteiger partial charge in [-0.05, 0) is 6.07 Å². The summed E-state index contributed by atoms with van der Waals surface area (Å²) in [6, 6.07) is 4.22. The molecule has 0 unspecified atom stereocenters. The van der Waals surface area contributed by atoms with E-state index in [1.54, 1.807) is 6.07 Å². The molecule has 1 aliphatic heterocycles. The van der Waals surface area contributed by atoms with Gasteiger partial charge in [-0.3, -0.25) is 9.69 Å². The van der Waals surface area contributed by atoms with Crippen molar-refractivity contribution in [1.82, 2.24) is 9.80 Å². The smallest absolute Gasteiger partial charge is 0.304 e. The van der Waals surface area contributed by atoms with E-state index >= 15 is 0 Å². The second kappa shape index (κ2) is 6.76. The molecule has 0 aliphatic carbocycles. The van der Waals surface area contributed by atoms with E-state index in [9.17, 15) is 13.6 Å². The highest BCUT2D eigenvalue weighted by Crippen LogP contribution is 2.15. The number of benzene rings is 1. The van der Waals surface area contributed by atoms with Crippen molar-refractivity contribution in [1.29, 1.82) is 0 Å². The molecule has 0 aromatic heterocycles. The maximum atomic E-state index is 13.6. The molecule has 1 saturated heterocycles. The van der Waals surface area contributed by atoms with Gasteiger partial charge in [-0.2, -0.15) is 0 Å². The summed E-state index contributed by atoms with van der Waals surface area (Å²) in [4.78, 5) is 14.6. The zero-order chi connectivity index (χ0) is 14.5. The second-order valence-corrected chi connectivity index (χ2v) is 4.97. The van der Waals surface area contributed by atoms with Crippen LogP contribution < -0.4 is 0 Å². The summed E-state index contributed by atoms with van der Waals surface area (Å²) in [5.41, 5.74) is 0.365. The van der Waals surface area contributed by atoms with E-state index < -0.39 is 17.6 Å². The van der Waals surface area contributed by atoms with Crippen molar-refractivity contribution in [3.05, 3.63) is 35.4 Å². The normalized spacial score (nSPS) is 17.3. The van der Waals surface area contributed by atoms with Crippen molar-refractivity contribution in [3.8, 4) is 0 Å². The first kappa shape index (κ1) is 14.9. The minimum atomic E-state index is -0.817. The van der Waals surface area contributed by atoms with Crippen LogP contribution in [-0.4, -0.2) is 53.6 Å². The number of piperazine rings is 1. The Kier molecular flexibility index (Phi) is 5.03. The number of carbonyl (C=O) groups is 1. The van der Waals surface area contributed by atoms with Crippen molar-refractivity contribution in [2.24, 2.45) is 0 Å². The summed E-state index contributed by atoms with van der Waals surface area (Å²) < 4.78 is 26.7. The van der Waals surface area contributed by atoms with Crippen molar-refractivity contribution < 1.29 is 18.7 Å². The van der Waals surface area contributed by atoms with E-state index in [1.165, 1.54) is 6.07 Å². The van der Waals surface area contributed by atoms with Crippen molar-refractivity contribution in [2.75, 3.05) is 32.7 Å². The summed E-state index contributed by atoms with van der Waals surface area (Å²) >= 11 is 0. The van der Waals surface area contributed by atoms with Crippen LogP contribution in [0, 0.1) is 11.6 Å². The summed E-state index contributed by atoms with van der Waals surface area (Å²) in [6.07, 6.45) is 0.137. The molecular weight excluding hydrogens is 266 g/mol. The molecule has 0 radical (unpaired) electrons. The number of halogens is 2. The van der Waals surface area contributed by atoms with Gasteiger partial charge in [0.1, 0.15) is 0 Å². The van der Waals surface area contributed by atoms with Gasteiger partial charge in [-0.15, -0.1) is 0 Å². The molecule has 1 heterocycles. The highest BCUT2D eigenvalue weighted by molar-refractivity contribution is 5.66. The maximum Gasteiger partial charge on any atom is 0.304 e. The van der Waals surface area contributed by atoms with Crippen LogP contribution in [0.3, 0.4) is 0 Å². The monoisotopic (exact) mass is 284 g/mol. The van der Waals surface area contributed by atoms with Gasteiger partial charge in [-0.25, -0.2) is 8.78 Å². The van der Waals surface area contributed by atoms with E-state index in [4.69, 9.17) is 5.11 Å². The number of nitrogens with zero attached hydrogens (tertiary/aromatic N) is 2. The Hall–Kier alpha value is -1.53. The third kappa shape index (κ3) is 3.98. The molecule has 0 atom stereocenters. The fraction of sp³-hybridized carbons (Fsp3) is 0.500. The van der Waals surface area contributed by atoms with Gasteiger partial charge >= 0.3 is 5.97 Å². The van der Waals surface area contributed by atoms with E-state index in [2.05, 4.69) is 9.80 Å². The van der Waals surface area contributed by atoms with Gasteiger partial charge in [-0.1, -0.05) is 12.1 Å². The molecule has 1 aromatic carbocycles. The van der Waals surface area contributed by atoms with Crippen LogP contribution in [0.2, 0.25) is 0 Å². The maximum absolute atomic E-state index is 13.6. The number of hydrogen-bond acceptors (Lipinski definition) is 3. The third-order valence-corrected chi connectivity index (χ3v) is 3.53. The lowest BCUT2D eigenvalue weighted by Gasteiger charge is -2.34. The zero-order valence-electron chi connectivity index (χ0n) is 11.2. The van der Waals surface area contributed by atoms with E-state index in [0.717, 1.165) is 32.2 Å². The highest BCUT2D eigenvalue weighted by Gasteiger charge is 2.19. The van der Waals surface area contributed by atoms with Gasteiger partial charge in [0.25, 0.3) is 0 Å². The number of carboxylic acids is 1. The van der Waals surface area contributed by atoms with Gasteiger partial charge in [0.05, 0.1) is 6.42 Å². The molecule has 4 nitrogen and oxygen atoms in total. The van der Waals surface area contributed by atoms with Crippen molar-refractivity contribution in [2.45, 2.75) is 13.0 Å². The Bertz CT molecular complexity index is 474. The molecule has 110 valence electrons. The fourth-order valence-electron chi connectivity index (χ4n) is 2.34. The van der Waals surface area contributed by atoms with Crippen LogP contribution in [0.25, 0.3) is 0 Å². The third-order valence-electron chi connectivity index (χ3n) is 3.53. The summed E-state index contributed by atoms with van der Waals surface area (Å²) in [5.74, 6) is -2.39. The van der Waals surface area contributed by atoms with Gasteiger partial charge < -0.3 is 10.0 Å². The Morgan fingerprint density at radius 2 is 1.80 bits per heavy atom. The van der Waals surface area contributed by atoms with Crippen LogP contribution in [0.15, 0.2) is 18.2 Å². The van der Waals surface area contributed by atoms with Gasteiger partial charge in [0, 0.05) is 44.8 Å². The Morgan fingerprint density at radius 3 is 2.45 bits per heavy atom. The van der Waals surface area contributed by atoms with Crippen molar-refractivity contribution in [3.63, 3.8) is 0 Å². The lowest BCUT2D eigenvalue weighted by Crippen LogP contribution is -2.46. The SMILES string of the molecule is O=C(O)CCN1CCN(Cc2cccc(F)c2F)CC1. The fourth-order valence-corrected chi connectivity index (χ4v) is 2.34. The lowest BCUT2D eigenvalue weighted by molar-refractivity contribution is -0.137. The van der Waals surface area contributed by atoms with Crippen LogP contribution in [-0.2, 0) is 11.3 Å². The summed E-state index contributed by atoms with van der Waals surface area (Å²) in [6.45, 7) is 3.90. The van der Waals surface area contributed by atoms with Crippen LogP contribution in [0.1, 0.15) is 12.0 Å². The average molecular weight is 284 g/mol. The molecule has 0 amide bonds. The standard InChI is InChI=1S/C14H18F2N2O2/c15-12-3-1-2-11(14(12)16)10-18-8-6-17(7-9-18)5-4-13(19)20/h1-3H,4-10H2,(H,19,20). The quantitative estimate of drug-likeness (QED) is 0.891. The minimum absolute atomic E-state index is 0.137. The Labute approximate surface area is 116 Å². The van der Waals surface area contributed by atoms with E-state index in [0.29, 0.717) is 18.7 Å². The number of aliphatic carboxylic acids is 1. The molecule has 0 bridgehead atoms. The van der Waals surface area contributed by atoms with Crippen molar-refractivity contribution >= 4 is 5.97 Å². The number of carboxylic acid groups (broad SMARTS) is 1. The molecule has 20 heavy (non-hydrogen) atoms. The zero-order valence-corrected chi connectivity index (χ0v) is 11.2. The van der Waals surface area contributed by atoms with E-state index in [-0.39, 0.29) is 6.42 Å². The summed E-state index contributed by atoms with van der Waals surface area (Å²) in [7, 11) is 0. The minimum Gasteiger partial charge on any atom is -0.481 e. The van der Waals surface area contributed by atoms with E-state index in [1.807, 2.05) is 0 Å². The Morgan fingerprint density at radius 1 is 1.15 bits per heavy atom. The van der Waals surface area contributed by atoms with Gasteiger partial charge in [0.2, 0.25) is 0 Å². The van der Waals surface area contributed by atoms with Crippen LogP contribution in [0.4, 0.5) is 8.78 Å². The first-order valence-electron chi connectivity index (χ1n) is 6.65. The molecule has 0 saturated carbocycles. The predicted octanol–water partition coefficient (Wildman–Crippen LogP) is 1.56. The van der Waals surface area contributed by atoms with Crippen LogP contribution >= 0.6 is 0 Å².